The predicted octanol–water partition coefficient (Wildman–Crippen LogP) is 3.81. The van der Waals surface area contributed by atoms with Crippen LogP contribution < -0.4 is 14.8 Å². The van der Waals surface area contributed by atoms with E-state index in [0.29, 0.717) is 29.4 Å². The second-order valence-electron chi connectivity index (χ2n) is 5.46. The Hall–Kier alpha value is -2.55. The molecule has 3 rings (SSSR count). The molecule has 0 spiro atoms. The number of anilines is 1. The van der Waals surface area contributed by atoms with E-state index in [1.165, 1.54) is 0 Å². The van der Waals surface area contributed by atoms with Crippen LogP contribution in [-0.2, 0) is 6.54 Å². The third-order valence-electron chi connectivity index (χ3n) is 3.88. The molecule has 2 aromatic carbocycles. The van der Waals surface area contributed by atoms with Gasteiger partial charge in [0.2, 0.25) is 0 Å². The number of benzene rings is 2. The fourth-order valence-electron chi connectivity index (χ4n) is 2.63. The molecule has 0 aliphatic carbocycles. The van der Waals surface area contributed by atoms with Crippen molar-refractivity contribution in [2.45, 2.75) is 6.54 Å². The molecule has 0 fully saturated rings. The number of hydrogen-bond acceptors (Lipinski definition) is 4. The first-order valence-electron chi connectivity index (χ1n) is 7.91. The van der Waals surface area contributed by atoms with Gasteiger partial charge in [0, 0.05) is 15.2 Å². The third kappa shape index (κ3) is 3.82. The molecule has 1 N–H and O–H groups in total. The molecule has 0 aliphatic rings. The quantitative estimate of drug-likeness (QED) is 0.565. The van der Waals surface area contributed by atoms with Gasteiger partial charge in [0.25, 0.3) is 5.91 Å². The predicted molar refractivity (Wildman–Crippen MR) is 108 cm³/mol. The maximum absolute atomic E-state index is 12.6. The zero-order valence-electron chi connectivity index (χ0n) is 14.4. The molecule has 1 aromatic heterocycles. The molecule has 26 heavy (non-hydrogen) atoms. The molecule has 0 saturated heterocycles. The zero-order valence-corrected chi connectivity index (χ0v) is 16.6. The molecule has 0 radical (unpaired) electrons. The Balaban J connectivity index is 1.84. The highest BCUT2D eigenvalue weighted by Crippen LogP contribution is 2.31. The molecule has 134 valence electrons. The largest absolute Gasteiger partial charge is 0.493 e. The summed E-state index contributed by atoms with van der Waals surface area (Å²) in [4.78, 5) is 12.6. The fourth-order valence-corrected chi connectivity index (χ4v) is 3.27. The number of halogens is 1. The summed E-state index contributed by atoms with van der Waals surface area (Å²) in [6.07, 6.45) is 1.65. The zero-order chi connectivity index (χ0) is 18.5. The van der Waals surface area contributed by atoms with Crippen LogP contribution in [0.2, 0.25) is 0 Å². The van der Waals surface area contributed by atoms with Crippen LogP contribution >= 0.6 is 22.6 Å². The van der Waals surface area contributed by atoms with Crippen molar-refractivity contribution >= 4 is 34.3 Å². The molecule has 7 heteroatoms. The van der Waals surface area contributed by atoms with Gasteiger partial charge in [-0.15, -0.1) is 0 Å². The molecular formula is C19H18IN3O3. The minimum atomic E-state index is -0.172. The van der Waals surface area contributed by atoms with Crippen molar-refractivity contribution in [2.75, 3.05) is 19.5 Å². The first-order chi connectivity index (χ1) is 12.6. The third-order valence-corrected chi connectivity index (χ3v) is 4.82. The molecule has 0 bridgehead atoms. The summed E-state index contributed by atoms with van der Waals surface area (Å²) < 4.78 is 13.4. The van der Waals surface area contributed by atoms with Gasteiger partial charge >= 0.3 is 0 Å². The minimum absolute atomic E-state index is 0.172. The number of hydrogen-bond donors (Lipinski definition) is 1. The highest BCUT2D eigenvalue weighted by molar-refractivity contribution is 14.1. The van der Waals surface area contributed by atoms with Crippen LogP contribution in [0.15, 0.2) is 54.7 Å². The maximum Gasteiger partial charge on any atom is 0.257 e. The van der Waals surface area contributed by atoms with Crippen molar-refractivity contribution in [3.8, 4) is 11.5 Å². The van der Waals surface area contributed by atoms with Crippen LogP contribution in [0.25, 0.3) is 0 Å². The summed E-state index contributed by atoms with van der Waals surface area (Å²) in [7, 11) is 3.20. The van der Waals surface area contributed by atoms with E-state index in [9.17, 15) is 4.79 Å². The van der Waals surface area contributed by atoms with E-state index in [1.807, 2.05) is 36.4 Å². The van der Waals surface area contributed by atoms with Gasteiger partial charge in [-0.2, -0.15) is 5.10 Å². The molecule has 6 nitrogen and oxygen atoms in total. The molecule has 1 amide bonds. The topological polar surface area (TPSA) is 65.4 Å². The molecule has 0 atom stereocenters. The van der Waals surface area contributed by atoms with Gasteiger partial charge in [0.1, 0.15) is 5.82 Å². The highest BCUT2D eigenvalue weighted by Gasteiger charge is 2.15. The Morgan fingerprint density at radius 3 is 2.65 bits per heavy atom. The molecular weight excluding hydrogens is 445 g/mol. The lowest BCUT2D eigenvalue weighted by atomic mass is 10.2. The van der Waals surface area contributed by atoms with Crippen LogP contribution in [0, 0.1) is 3.57 Å². The number of methoxy groups -OCH3 is 2. The normalized spacial score (nSPS) is 10.4. The number of nitrogens with zero attached hydrogens (tertiary/aromatic N) is 2. The van der Waals surface area contributed by atoms with Gasteiger partial charge in [0.15, 0.2) is 11.5 Å². The Morgan fingerprint density at radius 2 is 1.92 bits per heavy atom. The summed E-state index contributed by atoms with van der Waals surface area (Å²) in [5, 5.41) is 7.23. The van der Waals surface area contributed by atoms with Crippen molar-refractivity contribution in [2.24, 2.45) is 0 Å². The number of para-hydroxylation sites is 1. The number of carbonyl (C=O) groups is 1. The summed E-state index contributed by atoms with van der Waals surface area (Å²) in [6.45, 7) is 0.439. The van der Waals surface area contributed by atoms with Crippen molar-refractivity contribution in [3.05, 3.63) is 69.4 Å². The van der Waals surface area contributed by atoms with Crippen LogP contribution in [0.4, 0.5) is 5.82 Å². The summed E-state index contributed by atoms with van der Waals surface area (Å²) in [6, 6.07) is 14.9. The number of rotatable bonds is 6. The van der Waals surface area contributed by atoms with E-state index < -0.39 is 0 Å². The number of carbonyl (C=O) groups excluding carboxylic acids is 1. The second-order valence-corrected chi connectivity index (χ2v) is 6.62. The van der Waals surface area contributed by atoms with Gasteiger partial charge in [0.05, 0.1) is 32.5 Å². The average molecular weight is 463 g/mol. The van der Waals surface area contributed by atoms with Crippen molar-refractivity contribution < 1.29 is 14.3 Å². The lowest BCUT2D eigenvalue weighted by molar-refractivity contribution is 0.102. The van der Waals surface area contributed by atoms with Gasteiger partial charge < -0.3 is 14.8 Å². The number of nitrogens with one attached hydrogen (secondary N) is 1. The smallest absolute Gasteiger partial charge is 0.257 e. The van der Waals surface area contributed by atoms with E-state index in [0.717, 1.165) is 9.13 Å². The summed E-state index contributed by atoms with van der Waals surface area (Å²) in [5.74, 6) is 1.75. The minimum Gasteiger partial charge on any atom is -0.493 e. The fraction of sp³-hybridized carbons (Fsp3) is 0.158. The van der Waals surface area contributed by atoms with Crippen LogP contribution in [-0.4, -0.2) is 29.9 Å². The number of aromatic nitrogens is 2. The Bertz CT molecular complexity index is 924. The van der Waals surface area contributed by atoms with Gasteiger partial charge in [-0.05, 0) is 40.8 Å². The lowest BCUT2D eigenvalue weighted by Crippen LogP contribution is -2.17. The van der Waals surface area contributed by atoms with Crippen LogP contribution in [0.1, 0.15) is 15.9 Å². The van der Waals surface area contributed by atoms with Crippen LogP contribution in [0.5, 0.6) is 11.5 Å². The summed E-state index contributed by atoms with van der Waals surface area (Å²) in [5.41, 5.74) is 1.53. The van der Waals surface area contributed by atoms with E-state index in [2.05, 4.69) is 33.0 Å². The van der Waals surface area contributed by atoms with E-state index in [4.69, 9.17) is 9.47 Å². The lowest BCUT2D eigenvalue weighted by Gasteiger charge is -2.14. The van der Waals surface area contributed by atoms with E-state index >= 15 is 0 Å². The van der Waals surface area contributed by atoms with Gasteiger partial charge in [-0.3, -0.25) is 4.79 Å². The van der Waals surface area contributed by atoms with Gasteiger partial charge in [-0.1, -0.05) is 24.3 Å². The molecule has 0 aliphatic heterocycles. The summed E-state index contributed by atoms with van der Waals surface area (Å²) >= 11 is 2.15. The van der Waals surface area contributed by atoms with Crippen molar-refractivity contribution in [3.63, 3.8) is 0 Å². The standard InChI is InChI=1S/C19H18IN3O3/c1-25-16-9-5-6-13(18(16)26-2)12-23-17(10-11-21-23)22-19(24)14-7-3-4-8-15(14)20/h3-11H,12H2,1-2H3,(H,22,24). The van der Waals surface area contributed by atoms with Crippen molar-refractivity contribution in [1.82, 2.24) is 9.78 Å². The Morgan fingerprint density at radius 1 is 1.12 bits per heavy atom. The SMILES string of the molecule is COc1cccc(Cn2nccc2NC(=O)c2ccccc2I)c1OC. The number of ether oxygens (including phenoxy) is 2. The first-order valence-corrected chi connectivity index (χ1v) is 8.99. The maximum atomic E-state index is 12.6. The second kappa shape index (κ2) is 8.22. The number of amides is 1. The van der Waals surface area contributed by atoms with E-state index in [-0.39, 0.29) is 5.91 Å². The first kappa shape index (κ1) is 18.2. The highest BCUT2D eigenvalue weighted by atomic mass is 127. The molecule has 0 unspecified atom stereocenters. The molecule has 1 heterocycles. The van der Waals surface area contributed by atoms with Gasteiger partial charge in [-0.25, -0.2) is 4.68 Å². The molecule has 0 saturated carbocycles. The monoisotopic (exact) mass is 463 g/mol. The molecule has 3 aromatic rings. The average Bonchev–Trinajstić information content (AvgIpc) is 3.08. The van der Waals surface area contributed by atoms with E-state index in [1.54, 1.807) is 37.2 Å². The van der Waals surface area contributed by atoms with Crippen molar-refractivity contribution in [1.29, 1.82) is 0 Å². The Labute approximate surface area is 165 Å². The van der Waals surface area contributed by atoms with Crippen LogP contribution in [0.3, 0.4) is 0 Å². The Kier molecular flexibility index (Phi) is 5.77.